The number of amides is 1. The molecule has 196 valence electrons. The molecule has 0 spiro atoms. The summed E-state index contributed by atoms with van der Waals surface area (Å²) in [5.41, 5.74) is 5.19. The summed E-state index contributed by atoms with van der Waals surface area (Å²) >= 11 is 0. The quantitative estimate of drug-likeness (QED) is 0.390. The first-order chi connectivity index (χ1) is 17.8. The summed E-state index contributed by atoms with van der Waals surface area (Å²) < 4.78 is 29.2. The maximum atomic E-state index is 12.8. The highest BCUT2D eigenvalue weighted by Crippen LogP contribution is 2.52. The number of carbonyl (C=O) groups is 1. The fourth-order valence-corrected chi connectivity index (χ4v) is 6.76. The summed E-state index contributed by atoms with van der Waals surface area (Å²) in [6.07, 6.45) is 0.919. The molecule has 0 bridgehead atoms. The number of nitrogens with one attached hydrogen (secondary N) is 1. The van der Waals surface area contributed by atoms with E-state index >= 15 is 0 Å². The van der Waals surface area contributed by atoms with Crippen molar-refractivity contribution in [2.45, 2.75) is 50.5 Å². The molecular weight excluding hydrogens is 486 g/mol. The Hall–Kier alpha value is -2.72. The molecule has 37 heavy (non-hydrogen) atoms. The number of rotatable bonds is 6. The summed E-state index contributed by atoms with van der Waals surface area (Å²) in [5, 5.41) is 2.91. The van der Waals surface area contributed by atoms with Crippen LogP contribution in [0.3, 0.4) is 0 Å². The van der Waals surface area contributed by atoms with Gasteiger partial charge in [0, 0.05) is 44.0 Å². The first-order valence-corrected chi connectivity index (χ1v) is 14.3. The molecule has 2 heterocycles. The molecule has 3 N–H and O–H groups in total. The lowest BCUT2D eigenvalue weighted by atomic mass is 9.99. The van der Waals surface area contributed by atoms with Gasteiger partial charge in [0.2, 0.25) is 0 Å². The number of hydrogen-bond acceptors (Lipinski definition) is 6. The van der Waals surface area contributed by atoms with Gasteiger partial charge in [-0.1, -0.05) is 36.4 Å². The topological polar surface area (TPSA) is 85.3 Å². The average molecular weight is 522 g/mol. The Morgan fingerprint density at radius 1 is 0.946 bits per heavy atom. The van der Waals surface area contributed by atoms with Crippen LogP contribution in [0.5, 0.6) is 0 Å². The zero-order valence-corrected chi connectivity index (χ0v) is 22.2. The van der Waals surface area contributed by atoms with E-state index < -0.39 is 10.8 Å². The van der Waals surface area contributed by atoms with Gasteiger partial charge in [-0.05, 0) is 73.4 Å². The number of morpholine rings is 1. The second kappa shape index (κ2) is 10.9. The van der Waals surface area contributed by atoms with E-state index in [1.54, 1.807) is 28.6 Å². The minimum atomic E-state index is -3.12. The van der Waals surface area contributed by atoms with Crippen LogP contribution in [0.1, 0.15) is 40.9 Å². The average Bonchev–Trinajstić information content (AvgIpc) is 2.89. The summed E-state index contributed by atoms with van der Waals surface area (Å²) in [5.74, 6) is -0.200. The molecule has 2 unspecified atom stereocenters. The number of ether oxygens (including phenoxy) is 1. The van der Waals surface area contributed by atoms with E-state index in [4.69, 9.17) is 4.74 Å². The highest BCUT2D eigenvalue weighted by Gasteiger charge is 2.32. The summed E-state index contributed by atoms with van der Waals surface area (Å²) in [6.45, 7) is 7.58. The number of carbonyl (C=O) groups excluding carboxylic acids is 1. The van der Waals surface area contributed by atoms with Gasteiger partial charge < -0.3 is 10.1 Å². The molecule has 0 aliphatic carbocycles. The summed E-state index contributed by atoms with van der Waals surface area (Å²) in [6, 6.07) is 23.1. The second-order valence-electron chi connectivity index (χ2n) is 10.0. The van der Waals surface area contributed by atoms with Crippen molar-refractivity contribution >= 4 is 22.4 Å². The maximum absolute atomic E-state index is 12.8. The Bertz CT molecular complexity index is 1220. The minimum Gasteiger partial charge on any atom is -0.373 e. The van der Waals surface area contributed by atoms with Crippen molar-refractivity contribution in [2.24, 2.45) is 0 Å². The van der Waals surface area contributed by atoms with Crippen molar-refractivity contribution in [3.63, 3.8) is 0 Å². The molecule has 2 aliphatic heterocycles. The van der Waals surface area contributed by atoms with E-state index in [-0.39, 0.29) is 18.1 Å². The van der Waals surface area contributed by atoms with Crippen molar-refractivity contribution < 1.29 is 18.6 Å². The molecule has 1 amide bonds. The number of fused-ring (bicyclic) bond motifs is 1. The van der Waals surface area contributed by atoms with E-state index in [9.17, 15) is 13.9 Å². The lowest BCUT2D eigenvalue weighted by Crippen LogP contribution is -2.46. The van der Waals surface area contributed by atoms with Crippen molar-refractivity contribution in [3.05, 3.63) is 95.1 Å². The van der Waals surface area contributed by atoms with Crippen LogP contribution in [-0.2, 0) is 24.2 Å². The highest BCUT2D eigenvalue weighted by molar-refractivity contribution is 8.22. The Morgan fingerprint density at radius 3 is 2.27 bits per heavy atom. The van der Waals surface area contributed by atoms with E-state index in [0.717, 1.165) is 26.1 Å². The van der Waals surface area contributed by atoms with E-state index in [1.165, 1.54) is 16.7 Å². The van der Waals surface area contributed by atoms with E-state index in [2.05, 4.69) is 34.5 Å². The van der Waals surface area contributed by atoms with Gasteiger partial charge in [-0.3, -0.25) is 18.8 Å². The second-order valence-corrected chi connectivity index (χ2v) is 12.1. The molecule has 5 rings (SSSR count). The van der Waals surface area contributed by atoms with Gasteiger partial charge in [0.05, 0.1) is 17.1 Å². The third-order valence-corrected chi connectivity index (χ3v) is 8.93. The molecule has 3 aromatic rings. The van der Waals surface area contributed by atoms with Crippen LogP contribution in [0.2, 0.25) is 0 Å². The Kier molecular flexibility index (Phi) is 7.67. The molecule has 0 saturated carbocycles. The van der Waals surface area contributed by atoms with Crippen LogP contribution in [0.25, 0.3) is 0 Å². The monoisotopic (exact) mass is 521 g/mol. The molecule has 1 fully saturated rings. The zero-order chi connectivity index (χ0) is 26.0. The van der Waals surface area contributed by atoms with Crippen LogP contribution < -0.4 is 5.32 Å². The van der Waals surface area contributed by atoms with E-state index in [1.807, 2.05) is 38.1 Å². The predicted molar refractivity (Wildman–Crippen MR) is 148 cm³/mol. The van der Waals surface area contributed by atoms with Crippen molar-refractivity contribution in [1.82, 2.24) is 9.21 Å². The molecule has 0 radical (unpaired) electrons. The highest BCUT2D eigenvalue weighted by atomic mass is 32.3. The fourth-order valence-electron chi connectivity index (χ4n) is 5.12. The van der Waals surface area contributed by atoms with Gasteiger partial charge in [0.15, 0.2) is 0 Å². The van der Waals surface area contributed by atoms with Gasteiger partial charge in [-0.2, -0.15) is 4.31 Å². The fraction of sp³-hybridized carbons (Fsp3) is 0.345. The molecular formula is C29H35N3O4S. The Morgan fingerprint density at radius 2 is 1.59 bits per heavy atom. The van der Waals surface area contributed by atoms with Gasteiger partial charge in [0.25, 0.3) is 5.91 Å². The normalized spacial score (nSPS) is 21.3. The number of nitrogens with zero attached hydrogens (tertiary/aromatic N) is 2. The van der Waals surface area contributed by atoms with Crippen LogP contribution in [0, 0.1) is 0 Å². The lowest BCUT2D eigenvalue weighted by molar-refractivity contribution is -0.0464. The molecule has 7 nitrogen and oxygen atoms in total. The number of benzene rings is 3. The van der Waals surface area contributed by atoms with Crippen LogP contribution in [0.4, 0.5) is 5.69 Å². The number of anilines is 1. The molecule has 2 atom stereocenters. The summed E-state index contributed by atoms with van der Waals surface area (Å²) in [7, 11) is -3.12. The van der Waals surface area contributed by atoms with Crippen molar-refractivity contribution in [3.8, 4) is 0 Å². The number of hydrogen-bond donors (Lipinski definition) is 3. The van der Waals surface area contributed by atoms with Gasteiger partial charge in [-0.25, -0.2) is 0 Å². The van der Waals surface area contributed by atoms with E-state index in [0.29, 0.717) is 29.2 Å². The van der Waals surface area contributed by atoms with Gasteiger partial charge >= 0.3 is 0 Å². The first-order valence-electron chi connectivity index (χ1n) is 12.8. The molecule has 8 heteroatoms. The molecule has 0 aromatic heterocycles. The molecule has 1 saturated heterocycles. The SMILES string of the molecule is CC1CN(S(O)(O)c2ccc(NC(=O)c3ccc(CN4CCc5ccccc5C4)cc3)cc2)CC(C)O1. The predicted octanol–water partition coefficient (Wildman–Crippen LogP) is 5.63. The Balaban J connectivity index is 1.18. The maximum Gasteiger partial charge on any atom is 0.255 e. The van der Waals surface area contributed by atoms with Gasteiger partial charge in [0.1, 0.15) is 0 Å². The van der Waals surface area contributed by atoms with Crippen molar-refractivity contribution in [1.29, 1.82) is 0 Å². The van der Waals surface area contributed by atoms with Crippen molar-refractivity contribution in [2.75, 3.05) is 25.0 Å². The lowest BCUT2D eigenvalue weighted by Gasteiger charge is -2.47. The Labute approximate surface area is 220 Å². The smallest absolute Gasteiger partial charge is 0.255 e. The summed E-state index contributed by atoms with van der Waals surface area (Å²) in [4.78, 5) is 15.7. The first kappa shape index (κ1) is 25.9. The largest absolute Gasteiger partial charge is 0.373 e. The van der Waals surface area contributed by atoms with Crippen LogP contribution >= 0.6 is 10.8 Å². The third-order valence-electron chi connectivity index (χ3n) is 7.01. The zero-order valence-electron chi connectivity index (χ0n) is 21.3. The standard InChI is InChI=1S/C29H35N3O4S/c1-21-17-32(18-22(2)36-21)37(34,35)28-13-11-27(12-14-28)30-29(33)25-9-7-23(8-10-25)19-31-16-15-24-5-3-4-6-26(24)20-31/h3-14,21-22,34-35H,15-20H2,1-2H3,(H,30,33). The molecule has 2 aliphatic rings. The van der Waals surface area contributed by atoms with Crippen LogP contribution in [-0.4, -0.2) is 56.1 Å². The third kappa shape index (κ3) is 6.06. The minimum absolute atomic E-state index is 0.0727. The molecule has 3 aromatic carbocycles. The van der Waals surface area contributed by atoms with Crippen LogP contribution in [0.15, 0.2) is 77.7 Å². The van der Waals surface area contributed by atoms with Gasteiger partial charge in [-0.15, -0.1) is 10.8 Å².